The molecule has 0 radical (unpaired) electrons. The zero-order chi connectivity index (χ0) is 9.10. The molecular weight excluding hydrogens is 168 g/mol. The molecule has 0 amide bonds. The minimum Gasteiger partial charge on any atom is -0.390 e. The number of nitrogens with one attached hydrogen (secondary N) is 1. The van der Waals surface area contributed by atoms with Gasteiger partial charge in [0, 0.05) is 18.5 Å². The molecule has 4 heteroatoms. The number of aromatic nitrogens is 1. The maximum atomic E-state index is 8.77. The van der Waals surface area contributed by atoms with E-state index in [1.54, 1.807) is 0 Å². The quantitative estimate of drug-likeness (QED) is 0.713. The normalized spacial score (nSPS) is 22.4. The lowest BCUT2D eigenvalue weighted by atomic mass is 10.1. The fourth-order valence-corrected chi connectivity index (χ4v) is 1.70. The van der Waals surface area contributed by atoms with Crippen LogP contribution in [0.2, 0.25) is 0 Å². The Hall–Kier alpha value is -0.870. The van der Waals surface area contributed by atoms with Crippen LogP contribution in [0.15, 0.2) is 10.6 Å². The molecule has 2 N–H and O–H groups in total. The smallest absolute Gasteiger partial charge is 0.138 e. The third-order valence-corrected chi connectivity index (χ3v) is 2.38. The average molecular weight is 182 g/mol. The first kappa shape index (κ1) is 8.72. The Kier molecular flexibility index (Phi) is 2.61. The standard InChI is InChI=1S/C9H14N2O2/c12-6-8-5-9(13-11-8)4-7-2-1-3-10-7/h5,7,10,12H,1-4,6H2. The van der Waals surface area contributed by atoms with Crippen molar-refractivity contribution < 1.29 is 9.63 Å². The molecule has 0 spiro atoms. The topological polar surface area (TPSA) is 58.3 Å². The minimum atomic E-state index is -0.0401. The Balaban J connectivity index is 1.92. The number of nitrogens with zero attached hydrogens (tertiary/aromatic N) is 1. The van der Waals surface area contributed by atoms with Crippen LogP contribution in [0.3, 0.4) is 0 Å². The van der Waals surface area contributed by atoms with E-state index < -0.39 is 0 Å². The lowest BCUT2D eigenvalue weighted by Gasteiger charge is -2.05. The van der Waals surface area contributed by atoms with Crippen LogP contribution in [-0.2, 0) is 13.0 Å². The number of aliphatic hydroxyl groups excluding tert-OH is 1. The van der Waals surface area contributed by atoms with Crippen molar-refractivity contribution in [2.45, 2.75) is 31.9 Å². The molecule has 0 saturated carbocycles. The lowest BCUT2D eigenvalue weighted by Crippen LogP contribution is -2.23. The van der Waals surface area contributed by atoms with Gasteiger partial charge in [-0.3, -0.25) is 0 Å². The van der Waals surface area contributed by atoms with Gasteiger partial charge in [0.05, 0.1) is 6.61 Å². The van der Waals surface area contributed by atoms with E-state index in [2.05, 4.69) is 10.5 Å². The summed E-state index contributed by atoms with van der Waals surface area (Å²) in [6, 6.07) is 2.35. The third kappa shape index (κ3) is 2.08. The van der Waals surface area contributed by atoms with Gasteiger partial charge in [-0.05, 0) is 19.4 Å². The van der Waals surface area contributed by atoms with Crippen LogP contribution in [0.5, 0.6) is 0 Å². The Morgan fingerprint density at radius 3 is 3.23 bits per heavy atom. The highest BCUT2D eigenvalue weighted by Gasteiger charge is 2.16. The van der Waals surface area contributed by atoms with Crippen molar-refractivity contribution in [3.05, 3.63) is 17.5 Å². The monoisotopic (exact) mass is 182 g/mol. The van der Waals surface area contributed by atoms with Gasteiger partial charge >= 0.3 is 0 Å². The maximum Gasteiger partial charge on any atom is 0.138 e. The van der Waals surface area contributed by atoms with E-state index in [-0.39, 0.29) is 6.61 Å². The zero-order valence-corrected chi connectivity index (χ0v) is 7.49. The summed E-state index contributed by atoms with van der Waals surface area (Å²) in [4.78, 5) is 0. The number of hydrogen-bond acceptors (Lipinski definition) is 4. The second-order valence-electron chi connectivity index (χ2n) is 3.44. The van der Waals surface area contributed by atoms with E-state index in [4.69, 9.17) is 9.63 Å². The highest BCUT2D eigenvalue weighted by atomic mass is 16.5. The highest BCUT2D eigenvalue weighted by molar-refractivity contribution is 5.06. The Morgan fingerprint density at radius 2 is 2.62 bits per heavy atom. The SMILES string of the molecule is OCc1cc(CC2CCCN2)on1. The van der Waals surface area contributed by atoms with Crippen molar-refractivity contribution in [3.8, 4) is 0 Å². The molecule has 0 bridgehead atoms. The van der Waals surface area contributed by atoms with Crippen molar-refractivity contribution in [1.82, 2.24) is 10.5 Å². The predicted octanol–water partition coefficient (Wildman–Crippen LogP) is 0.461. The largest absolute Gasteiger partial charge is 0.390 e. The highest BCUT2D eigenvalue weighted by Crippen LogP contribution is 2.12. The zero-order valence-electron chi connectivity index (χ0n) is 7.49. The summed E-state index contributed by atoms with van der Waals surface area (Å²) >= 11 is 0. The van der Waals surface area contributed by atoms with Crippen molar-refractivity contribution in [1.29, 1.82) is 0 Å². The van der Waals surface area contributed by atoms with Gasteiger partial charge in [-0.2, -0.15) is 0 Å². The molecule has 1 aliphatic rings. The molecule has 2 heterocycles. The molecule has 1 saturated heterocycles. The van der Waals surface area contributed by atoms with Gasteiger partial charge in [-0.15, -0.1) is 0 Å². The van der Waals surface area contributed by atoms with E-state index in [0.717, 1.165) is 18.7 Å². The molecule has 1 unspecified atom stereocenters. The third-order valence-electron chi connectivity index (χ3n) is 2.38. The van der Waals surface area contributed by atoms with Crippen molar-refractivity contribution in [2.75, 3.05) is 6.54 Å². The Morgan fingerprint density at radius 1 is 1.69 bits per heavy atom. The van der Waals surface area contributed by atoms with Gasteiger partial charge in [-0.1, -0.05) is 5.16 Å². The molecule has 13 heavy (non-hydrogen) atoms. The van der Waals surface area contributed by atoms with Crippen LogP contribution in [0.25, 0.3) is 0 Å². The van der Waals surface area contributed by atoms with Crippen molar-refractivity contribution in [2.24, 2.45) is 0 Å². The minimum absolute atomic E-state index is 0.0401. The Bertz CT molecular complexity index is 266. The van der Waals surface area contributed by atoms with Crippen LogP contribution < -0.4 is 5.32 Å². The molecule has 1 aromatic heterocycles. The molecule has 1 aromatic rings. The van der Waals surface area contributed by atoms with Gasteiger partial charge < -0.3 is 14.9 Å². The maximum absolute atomic E-state index is 8.77. The molecule has 2 rings (SSSR count). The van der Waals surface area contributed by atoms with Crippen LogP contribution >= 0.6 is 0 Å². The van der Waals surface area contributed by atoms with E-state index in [0.29, 0.717) is 11.7 Å². The first-order chi connectivity index (χ1) is 6.38. The molecule has 4 nitrogen and oxygen atoms in total. The summed E-state index contributed by atoms with van der Waals surface area (Å²) in [5, 5.41) is 15.9. The Labute approximate surface area is 76.9 Å². The van der Waals surface area contributed by atoms with Crippen LogP contribution in [0.1, 0.15) is 24.3 Å². The van der Waals surface area contributed by atoms with E-state index in [1.165, 1.54) is 12.8 Å². The molecule has 1 fully saturated rings. The summed E-state index contributed by atoms with van der Waals surface area (Å²) in [6.45, 7) is 1.06. The molecule has 1 aliphatic heterocycles. The van der Waals surface area contributed by atoms with Gasteiger partial charge in [0.1, 0.15) is 11.5 Å². The number of aliphatic hydroxyl groups is 1. The van der Waals surface area contributed by atoms with E-state index >= 15 is 0 Å². The van der Waals surface area contributed by atoms with Gasteiger partial charge in [-0.25, -0.2) is 0 Å². The van der Waals surface area contributed by atoms with E-state index in [1.807, 2.05) is 6.07 Å². The fraction of sp³-hybridized carbons (Fsp3) is 0.667. The lowest BCUT2D eigenvalue weighted by molar-refractivity contribution is 0.264. The number of hydrogen-bond donors (Lipinski definition) is 2. The first-order valence-corrected chi connectivity index (χ1v) is 4.67. The van der Waals surface area contributed by atoms with Crippen molar-refractivity contribution >= 4 is 0 Å². The van der Waals surface area contributed by atoms with Crippen LogP contribution in [0, 0.1) is 0 Å². The second kappa shape index (κ2) is 3.89. The van der Waals surface area contributed by atoms with Crippen LogP contribution in [-0.4, -0.2) is 22.8 Å². The average Bonchev–Trinajstić information content (AvgIpc) is 2.76. The molecule has 72 valence electrons. The summed E-state index contributed by atoms with van der Waals surface area (Å²) in [7, 11) is 0. The summed E-state index contributed by atoms with van der Waals surface area (Å²) in [5.41, 5.74) is 0.619. The molecule has 1 atom stereocenters. The summed E-state index contributed by atoms with van der Waals surface area (Å²) in [6.07, 6.45) is 3.33. The fourth-order valence-electron chi connectivity index (χ4n) is 1.70. The summed E-state index contributed by atoms with van der Waals surface area (Å²) in [5.74, 6) is 0.864. The molecule has 0 aromatic carbocycles. The number of rotatable bonds is 3. The van der Waals surface area contributed by atoms with Crippen molar-refractivity contribution in [3.63, 3.8) is 0 Å². The predicted molar refractivity (Wildman–Crippen MR) is 47.2 cm³/mol. The van der Waals surface area contributed by atoms with Gasteiger partial charge in [0.25, 0.3) is 0 Å². The molecule has 0 aliphatic carbocycles. The first-order valence-electron chi connectivity index (χ1n) is 4.67. The second-order valence-corrected chi connectivity index (χ2v) is 3.44. The molecular formula is C9H14N2O2. The van der Waals surface area contributed by atoms with Crippen LogP contribution in [0.4, 0.5) is 0 Å². The van der Waals surface area contributed by atoms with E-state index in [9.17, 15) is 0 Å². The van der Waals surface area contributed by atoms with Gasteiger partial charge in [0.2, 0.25) is 0 Å². The van der Waals surface area contributed by atoms with Gasteiger partial charge in [0.15, 0.2) is 0 Å². The summed E-state index contributed by atoms with van der Waals surface area (Å²) < 4.78 is 5.07.